The van der Waals surface area contributed by atoms with E-state index in [4.69, 9.17) is 4.84 Å². The molecule has 1 amide bonds. The lowest BCUT2D eigenvalue weighted by Gasteiger charge is -2.35. The van der Waals surface area contributed by atoms with Gasteiger partial charge in [0.25, 0.3) is 0 Å². The Morgan fingerprint density at radius 2 is 2.17 bits per heavy atom. The summed E-state index contributed by atoms with van der Waals surface area (Å²) in [5.41, 5.74) is 0. The molecule has 8 nitrogen and oxygen atoms in total. The van der Waals surface area contributed by atoms with E-state index in [0.717, 1.165) is 50.6 Å². The molecule has 1 aromatic rings. The van der Waals surface area contributed by atoms with Gasteiger partial charge < -0.3 is 14.8 Å². The van der Waals surface area contributed by atoms with E-state index in [0.29, 0.717) is 18.9 Å². The van der Waals surface area contributed by atoms with Gasteiger partial charge in [0.2, 0.25) is 5.91 Å². The highest BCUT2D eigenvalue weighted by Gasteiger charge is 2.34. The zero-order chi connectivity index (χ0) is 17.1. The van der Waals surface area contributed by atoms with Gasteiger partial charge in [-0.25, -0.2) is 0 Å². The molecule has 0 unspecified atom stereocenters. The normalized spacial score (nSPS) is 24.3. The molecular weight excluding hydrogens is 308 g/mol. The third kappa shape index (κ3) is 4.12. The van der Waals surface area contributed by atoms with Crippen LogP contribution in [-0.4, -0.2) is 70.5 Å². The van der Waals surface area contributed by atoms with E-state index in [1.54, 1.807) is 0 Å². The summed E-state index contributed by atoms with van der Waals surface area (Å²) in [5, 5.41) is 13.6. The van der Waals surface area contributed by atoms with Crippen LogP contribution in [-0.2, 0) is 23.2 Å². The van der Waals surface area contributed by atoms with Crippen molar-refractivity contribution in [1.82, 2.24) is 30.0 Å². The van der Waals surface area contributed by atoms with Crippen LogP contribution in [0.2, 0.25) is 0 Å². The molecule has 0 aromatic carbocycles. The number of aromatic nitrogens is 3. The number of hydrogen-bond acceptors (Lipinski definition) is 6. The van der Waals surface area contributed by atoms with Gasteiger partial charge in [0.05, 0.1) is 13.2 Å². The van der Waals surface area contributed by atoms with Crippen LogP contribution in [0.15, 0.2) is 0 Å². The molecule has 1 aliphatic carbocycles. The summed E-state index contributed by atoms with van der Waals surface area (Å²) >= 11 is 0. The molecule has 0 atom stereocenters. The van der Waals surface area contributed by atoms with Crippen molar-refractivity contribution in [2.45, 2.75) is 44.2 Å². The summed E-state index contributed by atoms with van der Waals surface area (Å²) < 4.78 is 2.09. The Morgan fingerprint density at radius 3 is 2.83 bits per heavy atom. The Kier molecular flexibility index (Phi) is 5.47. The number of nitrogens with zero attached hydrogens (tertiary/aromatic N) is 5. The Bertz CT molecular complexity index is 561. The highest BCUT2D eigenvalue weighted by atomic mass is 16.7. The summed E-state index contributed by atoms with van der Waals surface area (Å²) in [6.07, 6.45) is 3.44. The molecular formula is C16H28N6O2. The fraction of sp³-hybridized carbons (Fsp3) is 0.812. The Labute approximate surface area is 143 Å². The fourth-order valence-corrected chi connectivity index (χ4v) is 3.30. The van der Waals surface area contributed by atoms with Crippen LogP contribution in [0.4, 0.5) is 0 Å². The third-order valence-electron chi connectivity index (χ3n) is 4.74. The van der Waals surface area contributed by atoms with Crippen molar-refractivity contribution in [1.29, 1.82) is 0 Å². The highest BCUT2D eigenvalue weighted by molar-refractivity contribution is 5.76. The van der Waals surface area contributed by atoms with E-state index >= 15 is 0 Å². The van der Waals surface area contributed by atoms with Gasteiger partial charge in [-0.15, -0.1) is 10.2 Å². The summed E-state index contributed by atoms with van der Waals surface area (Å²) in [6.45, 7) is 3.17. The monoisotopic (exact) mass is 336 g/mol. The minimum Gasteiger partial charge on any atom is -0.353 e. The van der Waals surface area contributed by atoms with Crippen LogP contribution in [0.3, 0.4) is 0 Å². The molecule has 1 aromatic heterocycles. The minimum absolute atomic E-state index is 0.111. The number of hydrogen-bond donors (Lipinski definition) is 1. The minimum atomic E-state index is 0.111. The van der Waals surface area contributed by atoms with E-state index in [9.17, 15) is 4.79 Å². The predicted octanol–water partition coefficient (Wildman–Crippen LogP) is 0.266. The van der Waals surface area contributed by atoms with Gasteiger partial charge in [-0.3, -0.25) is 9.63 Å². The van der Waals surface area contributed by atoms with Crippen LogP contribution in [0.1, 0.15) is 43.3 Å². The van der Waals surface area contributed by atoms with Gasteiger partial charge in [0.15, 0.2) is 0 Å². The summed E-state index contributed by atoms with van der Waals surface area (Å²) in [6, 6.07) is 0.260. The first-order valence-corrected chi connectivity index (χ1v) is 8.73. The maximum Gasteiger partial charge on any atom is 0.221 e. The van der Waals surface area contributed by atoms with Gasteiger partial charge in [0, 0.05) is 38.5 Å². The lowest BCUT2D eigenvalue weighted by Crippen LogP contribution is -2.44. The second kappa shape index (κ2) is 7.58. The van der Waals surface area contributed by atoms with Gasteiger partial charge in [-0.1, -0.05) is 0 Å². The zero-order valence-corrected chi connectivity index (χ0v) is 14.9. The molecule has 1 aliphatic heterocycles. The standard InChI is InChI=1S/C16H28N6O2/c1-20(2)11-14-18-19-16(21(14)3)12-9-13(10-12)17-15(23)5-7-22-6-4-8-24-22/h12-13H,4-11H2,1-3H3,(H,17,23). The Balaban J connectivity index is 1.40. The molecule has 134 valence electrons. The van der Waals surface area contributed by atoms with Gasteiger partial charge in [0.1, 0.15) is 11.6 Å². The number of hydroxylamine groups is 2. The average molecular weight is 336 g/mol. The van der Waals surface area contributed by atoms with Gasteiger partial charge in [-0.2, -0.15) is 5.06 Å². The van der Waals surface area contributed by atoms with Crippen molar-refractivity contribution in [3.63, 3.8) is 0 Å². The second-order valence-corrected chi connectivity index (χ2v) is 7.07. The zero-order valence-electron chi connectivity index (χ0n) is 14.9. The van der Waals surface area contributed by atoms with E-state index < -0.39 is 0 Å². The predicted molar refractivity (Wildman–Crippen MR) is 89.1 cm³/mol. The van der Waals surface area contributed by atoms with Crippen LogP contribution in [0.5, 0.6) is 0 Å². The van der Waals surface area contributed by atoms with Gasteiger partial charge >= 0.3 is 0 Å². The lowest BCUT2D eigenvalue weighted by atomic mass is 9.79. The first kappa shape index (κ1) is 17.3. The van der Waals surface area contributed by atoms with E-state index in [1.165, 1.54) is 0 Å². The van der Waals surface area contributed by atoms with Crippen molar-refractivity contribution >= 4 is 5.91 Å². The van der Waals surface area contributed by atoms with Crippen LogP contribution in [0.25, 0.3) is 0 Å². The number of carbonyl (C=O) groups is 1. The van der Waals surface area contributed by atoms with Crippen LogP contribution >= 0.6 is 0 Å². The maximum atomic E-state index is 12.0. The quantitative estimate of drug-likeness (QED) is 0.770. The SMILES string of the molecule is CN(C)Cc1nnc(C2CC(NC(=O)CCN3CCCO3)C2)n1C. The molecule has 2 fully saturated rings. The van der Waals surface area contributed by atoms with E-state index in [1.807, 2.05) is 26.2 Å². The number of amides is 1. The first-order valence-electron chi connectivity index (χ1n) is 8.73. The maximum absolute atomic E-state index is 12.0. The topological polar surface area (TPSA) is 75.5 Å². The van der Waals surface area contributed by atoms with Crippen LogP contribution < -0.4 is 5.32 Å². The first-order chi connectivity index (χ1) is 11.5. The smallest absolute Gasteiger partial charge is 0.221 e. The molecule has 0 spiro atoms. The third-order valence-corrected chi connectivity index (χ3v) is 4.74. The molecule has 2 heterocycles. The van der Waals surface area contributed by atoms with Crippen LogP contribution in [0, 0.1) is 0 Å². The average Bonchev–Trinajstić information content (AvgIpc) is 3.12. The number of carbonyl (C=O) groups excluding carboxylic acids is 1. The molecule has 1 N–H and O–H groups in total. The molecule has 2 aliphatic rings. The molecule has 1 saturated carbocycles. The van der Waals surface area contributed by atoms with Crippen molar-refractivity contribution < 1.29 is 9.63 Å². The molecule has 24 heavy (non-hydrogen) atoms. The summed E-state index contributed by atoms with van der Waals surface area (Å²) in [4.78, 5) is 19.5. The van der Waals surface area contributed by atoms with Crippen molar-refractivity contribution in [3.8, 4) is 0 Å². The number of nitrogens with one attached hydrogen (secondary N) is 1. The lowest BCUT2D eigenvalue weighted by molar-refractivity contribution is -0.131. The number of rotatable bonds is 7. The van der Waals surface area contributed by atoms with E-state index in [2.05, 4.69) is 25.0 Å². The molecule has 1 saturated heterocycles. The van der Waals surface area contributed by atoms with E-state index in [-0.39, 0.29) is 11.9 Å². The molecule has 0 bridgehead atoms. The Morgan fingerprint density at radius 1 is 1.38 bits per heavy atom. The molecule has 8 heteroatoms. The molecule has 3 rings (SSSR count). The summed E-state index contributed by atoms with van der Waals surface area (Å²) in [7, 11) is 6.07. The molecule has 0 radical (unpaired) electrons. The Hall–Kier alpha value is -1.51. The van der Waals surface area contributed by atoms with Crippen molar-refractivity contribution in [2.24, 2.45) is 7.05 Å². The largest absolute Gasteiger partial charge is 0.353 e. The highest BCUT2D eigenvalue weighted by Crippen LogP contribution is 2.35. The van der Waals surface area contributed by atoms with Gasteiger partial charge in [-0.05, 0) is 33.4 Å². The second-order valence-electron chi connectivity index (χ2n) is 7.07. The fourth-order valence-electron chi connectivity index (χ4n) is 3.30. The van der Waals surface area contributed by atoms with Crippen molar-refractivity contribution in [2.75, 3.05) is 33.8 Å². The van der Waals surface area contributed by atoms with Crippen molar-refractivity contribution in [3.05, 3.63) is 11.6 Å². The summed E-state index contributed by atoms with van der Waals surface area (Å²) in [5.74, 6) is 2.52.